The van der Waals surface area contributed by atoms with Gasteiger partial charge in [0.1, 0.15) is 0 Å². The van der Waals surface area contributed by atoms with Gasteiger partial charge in [0.15, 0.2) is 0 Å². The highest BCUT2D eigenvalue weighted by Crippen LogP contribution is 2.10. The summed E-state index contributed by atoms with van der Waals surface area (Å²) in [5, 5.41) is 3.44. The molecule has 1 unspecified atom stereocenters. The summed E-state index contributed by atoms with van der Waals surface area (Å²) < 4.78 is 10.6. The molecule has 3 nitrogen and oxygen atoms in total. The molecule has 1 atom stereocenters. The van der Waals surface area contributed by atoms with Crippen LogP contribution in [0, 0.1) is 5.92 Å². The second-order valence-corrected chi connectivity index (χ2v) is 4.61. The van der Waals surface area contributed by atoms with Crippen molar-refractivity contribution in [3.63, 3.8) is 0 Å². The van der Waals surface area contributed by atoms with Crippen LogP contribution in [0.3, 0.4) is 0 Å². The first-order valence-electron chi connectivity index (χ1n) is 7.12. The van der Waals surface area contributed by atoms with Crippen LogP contribution in [0.5, 0.6) is 0 Å². The molecule has 0 aliphatic carbocycles. The van der Waals surface area contributed by atoms with Crippen molar-refractivity contribution in [3.8, 4) is 0 Å². The van der Waals surface area contributed by atoms with Crippen LogP contribution in [0.25, 0.3) is 0 Å². The lowest BCUT2D eigenvalue weighted by atomic mass is 10.0. The van der Waals surface area contributed by atoms with Crippen LogP contribution in [0.15, 0.2) is 0 Å². The molecule has 0 aromatic rings. The highest BCUT2D eigenvalue weighted by Gasteiger charge is 2.07. The van der Waals surface area contributed by atoms with Crippen LogP contribution in [0.2, 0.25) is 0 Å². The molecule has 0 amide bonds. The molecule has 0 heterocycles. The maximum Gasteiger partial charge on any atom is 0.0587 e. The molecule has 104 valence electrons. The van der Waals surface area contributed by atoms with Gasteiger partial charge in [-0.1, -0.05) is 26.7 Å². The van der Waals surface area contributed by atoms with Crippen molar-refractivity contribution in [3.05, 3.63) is 0 Å². The number of methoxy groups -OCH3 is 1. The lowest BCUT2D eigenvalue weighted by Crippen LogP contribution is -2.27. The number of hydrogen-bond acceptors (Lipinski definition) is 3. The summed E-state index contributed by atoms with van der Waals surface area (Å²) in [4.78, 5) is 0. The van der Waals surface area contributed by atoms with Gasteiger partial charge in [-0.15, -0.1) is 0 Å². The molecule has 3 heteroatoms. The molecule has 0 aromatic heterocycles. The molecule has 0 aromatic carbocycles. The van der Waals surface area contributed by atoms with Crippen molar-refractivity contribution in [2.24, 2.45) is 5.92 Å². The molecule has 1 N–H and O–H groups in total. The minimum absolute atomic E-state index is 0.749. The fourth-order valence-electron chi connectivity index (χ4n) is 1.84. The largest absolute Gasteiger partial charge is 0.383 e. The maximum atomic E-state index is 5.63. The Labute approximate surface area is 107 Å². The van der Waals surface area contributed by atoms with E-state index in [-0.39, 0.29) is 0 Å². The zero-order chi connectivity index (χ0) is 12.8. The van der Waals surface area contributed by atoms with Crippen LogP contribution in [0.4, 0.5) is 0 Å². The summed E-state index contributed by atoms with van der Waals surface area (Å²) in [7, 11) is 1.74. The number of nitrogens with one attached hydrogen (secondary N) is 1. The second kappa shape index (κ2) is 13.9. The fourth-order valence-corrected chi connectivity index (χ4v) is 1.84. The molecule has 0 radical (unpaired) electrons. The summed E-state index contributed by atoms with van der Waals surface area (Å²) >= 11 is 0. The third-order valence-electron chi connectivity index (χ3n) is 2.93. The van der Waals surface area contributed by atoms with Crippen molar-refractivity contribution in [2.45, 2.75) is 46.0 Å². The molecule has 0 aliphatic heterocycles. The van der Waals surface area contributed by atoms with Gasteiger partial charge in [-0.3, -0.25) is 0 Å². The first-order chi connectivity index (χ1) is 8.35. The topological polar surface area (TPSA) is 30.5 Å². The van der Waals surface area contributed by atoms with Crippen molar-refractivity contribution in [2.75, 3.05) is 40.0 Å². The summed E-state index contributed by atoms with van der Waals surface area (Å²) in [6, 6.07) is 0. The monoisotopic (exact) mass is 245 g/mol. The van der Waals surface area contributed by atoms with Gasteiger partial charge in [-0.2, -0.15) is 0 Å². The average Bonchev–Trinajstić information content (AvgIpc) is 2.34. The molecule has 0 spiro atoms. The molecule has 0 bridgehead atoms. The molecular weight excluding hydrogens is 214 g/mol. The zero-order valence-electron chi connectivity index (χ0n) is 12.0. The van der Waals surface area contributed by atoms with Gasteiger partial charge in [0.25, 0.3) is 0 Å². The molecular formula is C14H31NO2. The van der Waals surface area contributed by atoms with E-state index in [0.717, 1.165) is 38.8 Å². The summed E-state index contributed by atoms with van der Waals surface area (Å²) in [6.07, 6.45) is 6.13. The zero-order valence-corrected chi connectivity index (χ0v) is 12.0. The van der Waals surface area contributed by atoms with E-state index in [2.05, 4.69) is 19.2 Å². The van der Waals surface area contributed by atoms with Crippen LogP contribution in [0.1, 0.15) is 46.0 Å². The van der Waals surface area contributed by atoms with Crippen molar-refractivity contribution >= 4 is 0 Å². The number of hydrogen-bond donors (Lipinski definition) is 1. The summed E-state index contributed by atoms with van der Waals surface area (Å²) in [6.45, 7) is 9.12. The van der Waals surface area contributed by atoms with E-state index in [9.17, 15) is 0 Å². The normalized spacial score (nSPS) is 12.9. The first-order valence-corrected chi connectivity index (χ1v) is 7.12. The summed E-state index contributed by atoms with van der Waals surface area (Å²) in [5.41, 5.74) is 0. The Kier molecular flexibility index (Phi) is 13.8. The van der Waals surface area contributed by atoms with Gasteiger partial charge in [0, 0.05) is 26.9 Å². The molecule has 0 saturated carbocycles. The highest BCUT2D eigenvalue weighted by atomic mass is 16.5. The molecule has 17 heavy (non-hydrogen) atoms. The van der Waals surface area contributed by atoms with Gasteiger partial charge in [-0.05, 0) is 31.7 Å². The molecule has 0 saturated heterocycles. The minimum Gasteiger partial charge on any atom is -0.383 e. The SMILES string of the molecule is CCCCOCCC(CCC)CNCCOC. The van der Waals surface area contributed by atoms with E-state index >= 15 is 0 Å². The standard InChI is InChI=1S/C14H31NO2/c1-4-6-10-17-11-8-14(7-5-2)13-15-9-12-16-3/h14-15H,4-13H2,1-3H3. The van der Waals surface area contributed by atoms with E-state index in [1.54, 1.807) is 7.11 Å². The van der Waals surface area contributed by atoms with Gasteiger partial charge in [0.2, 0.25) is 0 Å². The van der Waals surface area contributed by atoms with Crippen molar-refractivity contribution in [1.82, 2.24) is 5.32 Å². The van der Waals surface area contributed by atoms with Crippen LogP contribution in [-0.4, -0.2) is 40.0 Å². The minimum atomic E-state index is 0.749. The van der Waals surface area contributed by atoms with E-state index in [1.165, 1.54) is 32.1 Å². The van der Waals surface area contributed by atoms with E-state index in [4.69, 9.17) is 9.47 Å². The number of rotatable bonds is 13. The maximum absolute atomic E-state index is 5.63. The smallest absolute Gasteiger partial charge is 0.0587 e. The predicted molar refractivity (Wildman–Crippen MR) is 73.5 cm³/mol. The highest BCUT2D eigenvalue weighted by molar-refractivity contribution is 4.62. The third-order valence-corrected chi connectivity index (χ3v) is 2.93. The quantitative estimate of drug-likeness (QED) is 0.506. The Morgan fingerprint density at radius 2 is 1.82 bits per heavy atom. The molecule has 0 fully saturated rings. The van der Waals surface area contributed by atoms with E-state index in [0.29, 0.717) is 0 Å². The Bertz CT molecular complexity index is 142. The van der Waals surface area contributed by atoms with E-state index in [1.807, 2.05) is 0 Å². The summed E-state index contributed by atoms with van der Waals surface area (Å²) in [5.74, 6) is 0.749. The number of unbranched alkanes of at least 4 members (excludes halogenated alkanes) is 1. The predicted octanol–water partition coefficient (Wildman–Crippen LogP) is 2.85. The Morgan fingerprint density at radius 1 is 1.00 bits per heavy atom. The Hall–Kier alpha value is -0.120. The molecule has 0 rings (SSSR count). The van der Waals surface area contributed by atoms with Crippen LogP contribution < -0.4 is 5.32 Å². The number of ether oxygens (including phenoxy) is 2. The van der Waals surface area contributed by atoms with Crippen LogP contribution in [-0.2, 0) is 9.47 Å². The fraction of sp³-hybridized carbons (Fsp3) is 1.00. The van der Waals surface area contributed by atoms with Gasteiger partial charge in [0.05, 0.1) is 6.61 Å². The van der Waals surface area contributed by atoms with Crippen LogP contribution >= 0.6 is 0 Å². The van der Waals surface area contributed by atoms with Gasteiger partial charge < -0.3 is 14.8 Å². The lowest BCUT2D eigenvalue weighted by Gasteiger charge is -2.16. The lowest BCUT2D eigenvalue weighted by molar-refractivity contribution is 0.115. The molecule has 0 aliphatic rings. The Morgan fingerprint density at radius 3 is 2.47 bits per heavy atom. The average molecular weight is 245 g/mol. The van der Waals surface area contributed by atoms with E-state index < -0.39 is 0 Å². The van der Waals surface area contributed by atoms with Crippen molar-refractivity contribution in [1.29, 1.82) is 0 Å². The Balaban J connectivity index is 3.45. The van der Waals surface area contributed by atoms with Gasteiger partial charge >= 0.3 is 0 Å². The first kappa shape index (κ1) is 16.9. The van der Waals surface area contributed by atoms with Gasteiger partial charge in [-0.25, -0.2) is 0 Å². The second-order valence-electron chi connectivity index (χ2n) is 4.61. The third kappa shape index (κ3) is 12.1. The van der Waals surface area contributed by atoms with Crippen molar-refractivity contribution < 1.29 is 9.47 Å².